The molecule has 136 valence electrons. The highest BCUT2D eigenvalue weighted by Crippen LogP contribution is 2.43. The van der Waals surface area contributed by atoms with E-state index in [1.807, 2.05) is 60.7 Å². The average molecular weight is 495 g/mol. The van der Waals surface area contributed by atoms with E-state index in [-0.39, 0.29) is 0 Å². The molecule has 1 aliphatic heterocycles. The molecule has 6 heteroatoms. The second kappa shape index (κ2) is 7.04. The molecule has 0 spiro atoms. The van der Waals surface area contributed by atoms with Gasteiger partial charge in [-0.25, -0.2) is 4.98 Å². The maximum absolute atomic E-state index is 5.99. The molecule has 0 saturated heterocycles. The molecular formula is C22H13Br2N3O. The van der Waals surface area contributed by atoms with Crippen molar-refractivity contribution in [1.82, 2.24) is 9.97 Å². The summed E-state index contributed by atoms with van der Waals surface area (Å²) in [6.45, 7) is 0. The van der Waals surface area contributed by atoms with Crippen LogP contribution in [0, 0.1) is 0 Å². The molecule has 0 fully saturated rings. The molecule has 1 aliphatic rings. The number of rotatable bonds is 2. The molecule has 0 bridgehead atoms. The second-order valence-corrected chi connectivity index (χ2v) is 8.09. The predicted octanol–water partition coefficient (Wildman–Crippen LogP) is 7.18. The first-order chi connectivity index (χ1) is 13.7. The molecule has 0 amide bonds. The van der Waals surface area contributed by atoms with E-state index in [9.17, 15) is 0 Å². The minimum Gasteiger partial charge on any atom is -0.453 e. The number of ether oxygens (including phenoxy) is 1. The molecule has 0 radical (unpaired) electrons. The lowest BCUT2D eigenvalue weighted by Gasteiger charge is -2.22. The van der Waals surface area contributed by atoms with Crippen LogP contribution in [0.5, 0.6) is 11.5 Å². The number of nitrogens with zero attached hydrogens (tertiary/aromatic N) is 2. The summed E-state index contributed by atoms with van der Waals surface area (Å²) in [5, 5.41) is 3.44. The summed E-state index contributed by atoms with van der Waals surface area (Å²) in [6.07, 6.45) is 1.77. The zero-order valence-electron chi connectivity index (χ0n) is 14.5. The van der Waals surface area contributed by atoms with Gasteiger partial charge in [-0.15, -0.1) is 0 Å². The van der Waals surface area contributed by atoms with Gasteiger partial charge in [0.1, 0.15) is 0 Å². The maximum Gasteiger partial charge on any atom is 0.151 e. The SMILES string of the molecule is Brc1ccc(-c2ccc(Br)c(-c3ccc4c(c3)Nc3ccccc3O4)n2)nc1. The van der Waals surface area contributed by atoms with Crippen LogP contribution in [0.4, 0.5) is 11.4 Å². The molecule has 5 rings (SSSR count). The molecule has 4 nitrogen and oxygen atoms in total. The largest absolute Gasteiger partial charge is 0.453 e. The zero-order chi connectivity index (χ0) is 19.1. The number of hydrogen-bond acceptors (Lipinski definition) is 4. The number of benzene rings is 2. The standard InChI is InChI=1S/C22H13Br2N3O/c23-14-6-8-16(25-12-14)17-9-7-15(24)22(27-17)13-5-10-21-19(11-13)26-18-3-1-2-4-20(18)28-21/h1-12,26H. The molecule has 0 unspecified atom stereocenters. The lowest BCUT2D eigenvalue weighted by molar-refractivity contribution is 0.481. The number of hydrogen-bond donors (Lipinski definition) is 1. The first kappa shape index (κ1) is 17.4. The molecule has 1 N–H and O–H groups in total. The minimum absolute atomic E-state index is 0.796. The van der Waals surface area contributed by atoms with Gasteiger partial charge >= 0.3 is 0 Å². The fourth-order valence-corrected chi connectivity index (χ4v) is 3.79. The first-order valence-electron chi connectivity index (χ1n) is 8.64. The Balaban J connectivity index is 1.55. The Labute approximate surface area is 178 Å². The van der Waals surface area contributed by atoms with Gasteiger partial charge in [0.05, 0.1) is 28.5 Å². The highest BCUT2D eigenvalue weighted by molar-refractivity contribution is 9.10. The molecular weight excluding hydrogens is 482 g/mol. The van der Waals surface area contributed by atoms with Crippen molar-refractivity contribution in [2.45, 2.75) is 0 Å². The normalized spacial score (nSPS) is 11.8. The Kier molecular flexibility index (Phi) is 4.37. The molecule has 0 saturated carbocycles. The van der Waals surface area contributed by atoms with Crippen LogP contribution in [0.2, 0.25) is 0 Å². The van der Waals surface area contributed by atoms with E-state index in [2.05, 4.69) is 48.2 Å². The molecule has 4 aromatic rings. The smallest absolute Gasteiger partial charge is 0.151 e. The molecule has 2 aromatic carbocycles. The number of nitrogens with one attached hydrogen (secondary N) is 1. The fourth-order valence-electron chi connectivity index (χ4n) is 3.10. The third-order valence-electron chi connectivity index (χ3n) is 4.47. The van der Waals surface area contributed by atoms with E-state index in [0.717, 1.165) is 54.5 Å². The third kappa shape index (κ3) is 3.19. The number of aromatic nitrogens is 2. The monoisotopic (exact) mass is 493 g/mol. The van der Waals surface area contributed by atoms with Crippen LogP contribution >= 0.6 is 31.9 Å². The van der Waals surface area contributed by atoms with Gasteiger partial charge in [0.25, 0.3) is 0 Å². The Morgan fingerprint density at radius 1 is 0.786 bits per heavy atom. The zero-order valence-corrected chi connectivity index (χ0v) is 17.7. The van der Waals surface area contributed by atoms with Crippen molar-refractivity contribution in [3.8, 4) is 34.1 Å². The van der Waals surface area contributed by atoms with E-state index >= 15 is 0 Å². The van der Waals surface area contributed by atoms with Crippen LogP contribution in [-0.4, -0.2) is 9.97 Å². The van der Waals surface area contributed by atoms with Crippen molar-refractivity contribution in [3.63, 3.8) is 0 Å². The number of fused-ring (bicyclic) bond motifs is 2. The fraction of sp³-hybridized carbons (Fsp3) is 0. The van der Waals surface area contributed by atoms with E-state index in [0.29, 0.717) is 0 Å². The van der Waals surface area contributed by atoms with Gasteiger partial charge in [-0.05, 0) is 86.5 Å². The van der Waals surface area contributed by atoms with Crippen molar-refractivity contribution in [3.05, 3.63) is 81.9 Å². The lowest BCUT2D eigenvalue weighted by Crippen LogP contribution is -2.02. The molecule has 3 heterocycles. The van der Waals surface area contributed by atoms with Gasteiger partial charge in [0, 0.05) is 20.7 Å². The Hall–Kier alpha value is -2.70. The number of anilines is 2. The summed E-state index contributed by atoms with van der Waals surface area (Å²) in [4.78, 5) is 9.29. The maximum atomic E-state index is 5.99. The van der Waals surface area contributed by atoms with Gasteiger partial charge in [-0.2, -0.15) is 0 Å². The highest BCUT2D eigenvalue weighted by atomic mass is 79.9. The Morgan fingerprint density at radius 2 is 1.61 bits per heavy atom. The Morgan fingerprint density at radius 3 is 2.46 bits per heavy atom. The third-order valence-corrected chi connectivity index (χ3v) is 5.57. The second-order valence-electron chi connectivity index (χ2n) is 6.32. The van der Waals surface area contributed by atoms with Crippen LogP contribution in [-0.2, 0) is 0 Å². The summed E-state index contributed by atoms with van der Waals surface area (Å²) in [7, 11) is 0. The van der Waals surface area contributed by atoms with Crippen molar-refractivity contribution in [2.24, 2.45) is 0 Å². The molecule has 28 heavy (non-hydrogen) atoms. The van der Waals surface area contributed by atoms with E-state index < -0.39 is 0 Å². The van der Waals surface area contributed by atoms with Crippen molar-refractivity contribution >= 4 is 43.2 Å². The summed E-state index contributed by atoms with van der Waals surface area (Å²) in [6, 6.07) is 21.8. The summed E-state index contributed by atoms with van der Waals surface area (Å²) in [5.74, 6) is 1.62. The minimum atomic E-state index is 0.796. The first-order valence-corrected chi connectivity index (χ1v) is 10.2. The molecule has 0 aliphatic carbocycles. The van der Waals surface area contributed by atoms with Crippen LogP contribution in [0.1, 0.15) is 0 Å². The summed E-state index contributed by atoms with van der Waals surface area (Å²) >= 11 is 7.05. The molecule has 2 aromatic heterocycles. The number of para-hydroxylation sites is 2. The topological polar surface area (TPSA) is 47.0 Å². The number of halogens is 2. The summed E-state index contributed by atoms with van der Waals surface area (Å²) in [5.41, 5.74) is 5.35. The van der Waals surface area contributed by atoms with Crippen LogP contribution in [0.15, 0.2) is 81.9 Å². The summed E-state index contributed by atoms with van der Waals surface area (Å²) < 4.78 is 7.85. The van der Waals surface area contributed by atoms with Gasteiger partial charge < -0.3 is 10.1 Å². The van der Waals surface area contributed by atoms with E-state index in [1.165, 1.54) is 0 Å². The quantitative estimate of drug-likeness (QED) is 0.282. The molecule has 0 atom stereocenters. The van der Waals surface area contributed by atoms with E-state index in [4.69, 9.17) is 9.72 Å². The van der Waals surface area contributed by atoms with Crippen molar-refractivity contribution in [2.75, 3.05) is 5.32 Å². The lowest BCUT2D eigenvalue weighted by atomic mass is 10.1. The van der Waals surface area contributed by atoms with Gasteiger partial charge in [-0.1, -0.05) is 12.1 Å². The van der Waals surface area contributed by atoms with Crippen LogP contribution < -0.4 is 10.1 Å². The van der Waals surface area contributed by atoms with Crippen LogP contribution in [0.3, 0.4) is 0 Å². The van der Waals surface area contributed by atoms with Crippen molar-refractivity contribution < 1.29 is 4.74 Å². The van der Waals surface area contributed by atoms with Gasteiger partial charge in [0.2, 0.25) is 0 Å². The Bertz CT molecular complexity index is 1190. The number of pyridine rings is 2. The van der Waals surface area contributed by atoms with Crippen molar-refractivity contribution in [1.29, 1.82) is 0 Å². The highest BCUT2D eigenvalue weighted by Gasteiger charge is 2.18. The van der Waals surface area contributed by atoms with Gasteiger partial charge in [-0.3, -0.25) is 4.98 Å². The van der Waals surface area contributed by atoms with Crippen LogP contribution in [0.25, 0.3) is 22.6 Å². The predicted molar refractivity (Wildman–Crippen MR) is 118 cm³/mol. The average Bonchev–Trinajstić information content (AvgIpc) is 2.73. The van der Waals surface area contributed by atoms with Gasteiger partial charge in [0.15, 0.2) is 11.5 Å². The van der Waals surface area contributed by atoms with E-state index in [1.54, 1.807) is 6.20 Å².